The fourth-order valence-corrected chi connectivity index (χ4v) is 1.93. The predicted octanol–water partition coefficient (Wildman–Crippen LogP) is 3.02. The zero-order valence-corrected chi connectivity index (χ0v) is 10.2. The first kappa shape index (κ1) is 12.0. The van der Waals surface area contributed by atoms with E-state index in [0.717, 1.165) is 12.8 Å². The van der Waals surface area contributed by atoms with Crippen molar-refractivity contribution in [2.45, 2.75) is 46.1 Å². The van der Waals surface area contributed by atoms with Gasteiger partial charge < -0.3 is 4.57 Å². The second-order valence-electron chi connectivity index (χ2n) is 4.75. The van der Waals surface area contributed by atoms with E-state index in [9.17, 15) is 4.79 Å². The van der Waals surface area contributed by atoms with E-state index < -0.39 is 0 Å². The van der Waals surface area contributed by atoms with E-state index in [4.69, 9.17) is 0 Å². The Morgan fingerprint density at radius 2 is 2.07 bits per heavy atom. The molecule has 0 aliphatic rings. The van der Waals surface area contributed by atoms with Gasteiger partial charge in [0, 0.05) is 17.8 Å². The second kappa shape index (κ2) is 4.65. The fraction of sp³-hybridized carbons (Fsp3) is 0.615. The summed E-state index contributed by atoms with van der Waals surface area (Å²) in [6.45, 7) is 8.66. The highest BCUT2D eigenvalue weighted by atomic mass is 16.1. The molecule has 2 heteroatoms. The molecular formula is C13H21NO. The van der Waals surface area contributed by atoms with E-state index in [0.29, 0.717) is 5.92 Å². The standard InChI is InChI=1S/C13H21NO/c1-5-8-11(2)13(3,4)14-10-7-6-9-12(14)15/h6-7,9-11H,5,8H2,1-4H3. The molecule has 15 heavy (non-hydrogen) atoms. The topological polar surface area (TPSA) is 22.0 Å². The summed E-state index contributed by atoms with van der Waals surface area (Å²) >= 11 is 0. The van der Waals surface area contributed by atoms with Crippen LogP contribution in [0.4, 0.5) is 0 Å². The highest BCUT2D eigenvalue weighted by molar-refractivity contribution is 4.98. The zero-order valence-electron chi connectivity index (χ0n) is 10.2. The van der Waals surface area contributed by atoms with Gasteiger partial charge in [0.15, 0.2) is 0 Å². The van der Waals surface area contributed by atoms with E-state index in [1.807, 2.05) is 16.8 Å². The lowest BCUT2D eigenvalue weighted by Crippen LogP contribution is -2.40. The van der Waals surface area contributed by atoms with Crippen molar-refractivity contribution in [3.63, 3.8) is 0 Å². The van der Waals surface area contributed by atoms with Crippen molar-refractivity contribution in [1.29, 1.82) is 0 Å². The van der Waals surface area contributed by atoms with Gasteiger partial charge in [-0.1, -0.05) is 26.3 Å². The molecule has 1 unspecified atom stereocenters. The third kappa shape index (κ3) is 2.49. The maximum absolute atomic E-state index is 11.7. The maximum Gasteiger partial charge on any atom is 0.251 e. The third-order valence-electron chi connectivity index (χ3n) is 3.37. The third-order valence-corrected chi connectivity index (χ3v) is 3.37. The SMILES string of the molecule is CCCC(C)C(C)(C)n1ccccc1=O. The van der Waals surface area contributed by atoms with Crippen LogP contribution in [0.1, 0.15) is 40.5 Å². The molecule has 0 spiro atoms. The Kier molecular flexibility index (Phi) is 3.72. The minimum atomic E-state index is -0.103. The first-order valence-electron chi connectivity index (χ1n) is 5.68. The molecule has 0 N–H and O–H groups in total. The van der Waals surface area contributed by atoms with E-state index in [-0.39, 0.29) is 11.1 Å². The Bertz CT molecular complexity index is 365. The zero-order chi connectivity index (χ0) is 11.5. The van der Waals surface area contributed by atoms with Gasteiger partial charge in [0.25, 0.3) is 5.56 Å². The fourth-order valence-electron chi connectivity index (χ4n) is 1.93. The molecule has 0 aromatic carbocycles. The van der Waals surface area contributed by atoms with Gasteiger partial charge in [0.2, 0.25) is 0 Å². The minimum absolute atomic E-state index is 0.0884. The van der Waals surface area contributed by atoms with Crippen LogP contribution in [-0.4, -0.2) is 4.57 Å². The smallest absolute Gasteiger partial charge is 0.251 e. The lowest BCUT2D eigenvalue weighted by atomic mass is 9.85. The number of pyridine rings is 1. The number of hydrogen-bond acceptors (Lipinski definition) is 1. The summed E-state index contributed by atoms with van der Waals surface area (Å²) in [5.74, 6) is 0.502. The lowest BCUT2D eigenvalue weighted by Gasteiger charge is -2.34. The molecule has 84 valence electrons. The van der Waals surface area contributed by atoms with Crippen molar-refractivity contribution >= 4 is 0 Å². The number of rotatable bonds is 4. The van der Waals surface area contributed by atoms with Crippen molar-refractivity contribution in [2.24, 2.45) is 5.92 Å². The van der Waals surface area contributed by atoms with Gasteiger partial charge in [0.1, 0.15) is 0 Å². The molecule has 1 aromatic heterocycles. The number of hydrogen-bond donors (Lipinski definition) is 0. The molecule has 0 aliphatic carbocycles. The van der Waals surface area contributed by atoms with Crippen LogP contribution in [0.2, 0.25) is 0 Å². The van der Waals surface area contributed by atoms with Gasteiger partial charge in [-0.3, -0.25) is 4.79 Å². The van der Waals surface area contributed by atoms with Gasteiger partial charge in [-0.15, -0.1) is 0 Å². The van der Waals surface area contributed by atoms with E-state index in [1.54, 1.807) is 12.1 Å². The molecule has 0 bridgehead atoms. The first-order chi connectivity index (χ1) is 7.00. The predicted molar refractivity (Wildman–Crippen MR) is 64.1 cm³/mol. The van der Waals surface area contributed by atoms with E-state index >= 15 is 0 Å². The first-order valence-corrected chi connectivity index (χ1v) is 5.68. The van der Waals surface area contributed by atoms with Crippen molar-refractivity contribution in [2.75, 3.05) is 0 Å². The number of aromatic nitrogens is 1. The molecule has 2 nitrogen and oxygen atoms in total. The van der Waals surface area contributed by atoms with Crippen LogP contribution in [0, 0.1) is 5.92 Å². The highest BCUT2D eigenvalue weighted by Crippen LogP contribution is 2.27. The maximum atomic E-state index is 11.7. The Hall–Kier alpha value is -1.05. The quantitative estimate of drug-likeness (QED) is 0.744. The van der Waals surface area contributed by atoms with Crippen molar-refractivity contribution in [3.8, 4) is 0 Å². The summed E-state index contributed by atoms with van der Waals surface area (Å²) in [6, 6.07) is 5.33. The monoisotopic (exact) mass is 207 g/mol. The van der Waals surface area contributed by atoms with Crippen LogP contribution in [0.15, 0.2) is 29.2 Å². The molecule has 0 amide bonds. The summed E-state index contributed by atoms with van der Waals surface area (Å²) in [6.07, 6.45) is 4.19. The van der Waals surface area contributed by atoms with Crippen molar-refractivity contribution in [3.05, 3.63) is 34.7 Å². The number of nitrogens with zero attached hydrogens (tertiary/aromatic N) is 1. The molecule has 1 aromatic rings. The molecular weight excluding hydrogens is 186 g/mol. The molecule has 1 heterocycles. The van der Waals surface area contributed by atoms with Crippen LogP contribution in [0.25, 0.3) is 0 Å². The minimum Gasteiger partial charge on any atom is -0.310 e. The molecule has 1 rings (SSSR count). The van der Waals surface area contributed by atoms with Gasteiger partial charge in [-0.25, -0.2) is 0 Å². The molecule has 0 radical (unpaired) electrons. The van der Waals surface area contributed by atoms with Gasteiger partial charge in [-0.2, -0.15) is 0 Å². The summed E-state index contributed by atoms with van der Waals surface area (Å²) in [5, 5.41) is 0. The van der Waals surface area contributed by atoms with Crippen LogP contribution in [-0.2, 0) is 5.54 Å². The van der Waals surface area contributed by atoms with Crippen LogP contribution < -0.4 is 5.56 Å². The van der Waals surface area contributed by atoms with Gasteiger partial charge in [-0.05, 0) is 32.3 Å². The summed E-state index contributed by atoms with van der Waals surface area (Å²) < 4.78 is 1.84. The second-order valence-corrected chi connectivity index (χ2v) is 4.75. The largest absolute Gasteiger partial charge is 0.310 e. The summed E-state index contributed by atoms with van der Waals surface area (Å²) in [5.41, 5.74) is -0.0144. The highest BCUT2D eigenvalue weighted by Gasteiger charge is 2.27. The van der Waals surface area contributed by atoms with E-state index in [2.05, 4.69) is 27.7 Å². The average Bonchev–Trinajstić information content (AvgIpc) is 2.18. The van der Waals surface area contributed by atoms with Crippen molar-refractivity contribution < 1.29 is 0 Å². The van der Waals surface area contributed by atoms with Gasteiger partial charge >= 0.3 is 0 Å². The Morgan fingerprint density at radius 1 is 1.40 bits per heavy atom. The molecule has 0 saturated carbocycles. The lowest BCUT2D eigenvalue weighted by molar-refractivity contribution is 0.213. The molecule has 0 fully saturated rings. The Balaban J connectivity index is 3.05. The molecule has 1 atom stereocenters. The summed E-state index contributed by atoms with van der Waals surface area (Å²) in [7, 11) is 0. The van der Waals surface area contributed by atoms with Gasteiger partial charge in [0.05, 0.1) is 0 Å². The van der Waals surface area contributed by atoms with Crippen LogP contribution in [0.5, 0.6) is 0 Å². The summed E-state index contributed by atoms with van der Waals surface area (Å²) in [4.78, 5) is 11.7. The normalized spacial score (nSPS) is 13.9. The Morgan fingerprint density at radius 3 is 2.60 bits per heavy atom. The van der Waals surface area contributed by atoms with Crippen molar-refractivity contribution in [1.82, 2.24) is 4.57 Å². The van der Waals surface area contributed by atoms with Crippen LogP contribution in [0.3, 0.4) is 0 Å². The average molecular weight is 207 g/mol. The molecule has 0 saturated heterocycles. The van der Waals surface area contributed by atoms with Crippen LogP contribution >= 0.6 is 0 Å². The molecule has 0 aliphatic heterocycles. The Labute approximate surface area is 91.9 Å². The van der Waals surface area contributed by atoms with E-state index in [1.165, 1.54) is 0 Å².